The zero-order chi connectivity index (χ0) is 23.4. The largest absolute Gasteiger partial charge is 0.490 e. The van der Waals surface area contributed by atoms with Gasteiger partial charge in [-0.3, -0.25) is 0 Å². The molecule has 1 heterocycles. The Labute approximate surface area is 202 Å². The second-order valence-corrected chi connectivity index (χ2v) is 8.13. The number of carbonyl (C=O) groups is 1. The van der Waals surface area contributed by atoms with Gasteiger partial charge in [0.15, 0.2) is 17.2 Å². The number of benzene rings is 3. The predicted molar refractivity (Wildman–Crippen MR) is 130 cm³/mol. The van der Waals surface area contributed by atoms with Crippen molar-refractivity contribution < 1.29 is 19.0 Å². The van der Waals surface area contributed by atoms with Gasteiger partial charge in [-0.05, 0) is 66.9 Å². The monoisotopic (exact) mass is 481 g/mol. The number of aliphatic imine (C=N–C) groups is 1. The van der Waals surface area contributed by atoms with E-state index in [0.717, 1.165) is 16.7 Å². The fraction of sp³-hybridized carbons (Fsp3) is 0.154. The maximum Gasteiger partial charge on any atom is 0.363 e. The molecule has 0 saturated heterocycles. The number of nitrogens with zero attached hydrogens (tertiary/aromatic N) is 1. The van der Waals surface area contributed by atoms with Crippen LogP contribution in [0.4, 0.5) is 0 Å². The summed E-state index contributed by atoms with van der Waals surface area (Å²) in [7, 11) is 0. The molecule has 0 aliphatic carbocycles. The summed E-state index contributed by atoms with van der Waals surface area (Å²) in [6.45, 7) is 4.85. The highest BCUT2D eigenvalue weighted by molar-refractivity contribution is 6.42. The summed E-state index contributed by atoms with van der Waals surface area (Å²) < 4.78 is 17.1. The Hall–Kier alpha value is -3.28. The van der Waals surface area contributed by atoms with Gasteiger partial charge >= 0.3 is 5.97 Å². The number of hydrogen-bond donors (Lipinski definition) is 0. The Balaban J connectivity index is 1.57. The predicted octanol–water partition coefficient (Wildman–Crippen LogP) is 6.62. The molecule has 33 heavy (non-hydrogen) atoms. The number of aryl methyl sites for hydroxylation is 1. The Morgan fingerprint density at radius 2 is 1.79 bits per heavy atom. The standard InChI is InChI=1S/C26H21Cl2NO4/c1-3-31-24-13-17(8-11-23(24)32-15-19-7-5-4-6-16(19)2)12-22-26(30)33-25(29-22)18-9-10-20(27)21(28)14-18/h4-14H,3,15H2,1-2H3/b22-12-. The number of carbonyl (C=O) groups excluding carboxylic acids is 1. The van der Waals surface area contributed by atoms with E-state index in [-0.39, 0.29) is 11.6 Å². The summed E-state index contributed by atoms with van der Waals surface area (Å²) in [6, 6.07) is 18.4. The van der Waals surface area contributed by atoms with Gasteiger partial charge in [-0.15, -0.1) is 0 Å². The zero-order valence-corrected chi connectivity index (χ0v) is 19.6. The summed E-state index contributed by atoms with van der Waals surface area (Å²) in [5.74, 6) is 0.832. The number of rotatable bonds is 7. The van der Waals surface area contributed by atoms with Crippen molar-refractivity contribution in [2.24, 2.45) is 4.99 Å². The average molecular weight is 482 g/mol. The second-order valence-electron chi connectivity index (χ2n) is 7.32. The van der Waals surface area contributed by atoms with Crippen LogP contribution in [0.5, 0.6) is 11.5 Å². The minimum Gasteiger partial charge on any atom is -0.490 e. The maximum absolute atomic E-state index is 12.4. The van der Waals surface area contributed by atoms with Crippen LogP contribution in [0.2, 0.25) is 10.0 Å². The van der Waals surface area contributed by atoms with Crippen molar-refractivity contribution in [3.05, 3.63) is 98.7 Å². The van der Waals surface area contributed by atoms with Crippen molar-refractivity contribution in [3.8, 4) is 11.5 Å². The highest BCUT2D eigenvalue weighted by atomic mass is 35.5. The van der Waals surface area contributed by atoms with Crippen LogP contribution in [0.25, 0.3) is 6.08 Å². The quantitative estimate of drug-likeness (QED) is 0.280. The lowest BCUT2D eigenvalue weighted by Crippen LogP contribution is -2.05. The van der Waals surface area contributed by atoms with Crippen LogP contribution in [0.15, 0.2) is 71.4 Å². The first-order chi connectivity index (χ1) is 15.9. The van der Waals surface area contributed by atoms with Crippen molar-refractivity contribution in [2.45, 2.75) is 20.5 Å². The molecular weight excluding hydrogens is 461 g/mol. The van der Waals surface area contributed by atoms with Crippen molar-refractivity contribution in [1.29, 1.82) is 0 Å². The first-order valence-corrected chi connectivity index (χ1v) is 11.1. The van der Waals surface area contributed by atoms with Gasteiger partial charge in [-0.1, -0.05) is 53.5 Å². The summed E-state index contributed by atoms with van der Waals surface area (Å²) in [5.41, 5.74) is 3.73. The Morgan fingerprint density at radius 3 is 2.55 bits per heavy atom. The number of hydrogen-bond acceptors (Lipinski definition) is 5. The van der Waals surface area contributed by atoms with Crippen LogP contribution in [0.1, 0.15) is 29.2 Å². The van der Waals surface area contributed by atoms with Crippen molar-refractivity contribution in [1.82, 2.24) is 0 Å². The molecule has 3 aromatic carbocycles. The van der Waals surface area contributed by atoms with Crippen LogP contribution >= 0.6 is 23.2 Å². The first-order valence-electron chi connectivity index (χ1n) is 10.4. The minimum atomic E-state index is -0.547. The van der Waals surface area contributed by atoms with Crippen LogP contribution in [-0.4, -0.2) is 18.5 Å². The molecule has 168 valence electrons. The molecule has 3 aromatic rings. The highest BCUT2D eigenvalue weighted by Gasteiger charge is 2.24. The molecule has 5 nitrogen and oxygen atoms in total. The molecule has 4 rings (SSSR count). The highest BCUT2D eigenvalue weighted by Crippen LogP contribution is 2.31. The fourth-order valence-corrected chi connectivity index (χ4v) is 3.55. The van der Waals surface area contributed by atoms with Crippen LogP contribution in [0.3, 0.4) is 0 Å². The third-order valence-electron chi connectivity index (χ3n) is 5.00. The molecule has 0 atom stereocenters. The number of halogens is 2. The third kappa shape index (κ3) is 5.38. The molecule has 0 spiro atoms. The number of cyclic esters (lactones) is 1. The van der Waals surface area contributed by atoms with E-state index in [2.05, 4.69) is 4.99 Å². The van der Waals surface area contributed by atoms with E-state index in [1.54, 1.807) is 24.3 Å². The van der Waals surface area contributed by atoms with E-state index in [9.17, 15) is 4.79 Å². The van der Waals surface area contributed by atoms with E-state index in [1.165, 1.54) is 0 Å². The average Bonchev–Trinajstić information content (AvgIpc) is 3.16. The Kier molecular flexibility index (Phi) is 7.02. The number of ether oxygens (including phenoxy) is 3. The summed E-state index contributed by atoms with van der Waals surface area (Å²) in [4.78, 5) is 16.7. The zero-order valence-electron chi connectivity index (χ0n) is 18.1. The van der Waals surface area contributed by atoms with Gasteiger partial charge in [0.2, 0.25) is 5.90 Å². The molecule has 0 bridgehead atoms. The van der Waals surface area contributed by atoms with Gasteiger partial charge in [0, 0.05) is 5.56 Å². The molecule has 0 saturated carbocycles. The van der Waals surface area contributed by atoms with Crippen LogP contribution in [-0.2, 0) is 16.1 Å². The van der Waals surface area contributed by atoms with Crippen molar-refractivity contribution in [2.75, 3.05) is 6.61 Å². The summed E-state index contributed by atoms with van der Waals surface area (Å²) >= 11 is 12.0. The van der Waals surface area contributed by atoms with Gasteiger partial charge in [-0.25, -0.2) is 9.79 Å². The minimum absolute atomic E-state index is 0.173. The van der Waals surface area contributed by atoms with Gasteiger partial charge in [0.05, 0.1) is 16.7 Å². The van der Waals surface area contributed by atoms with Crippen molar-refractivity contribution in [3.63, 3.8) is 0 Å². The molecule has 0 fully saturated rings. The lowest BCUT2D eigenvalue weighted by molar-refractivity contribution is -0.129. The lowest BCUT2D eigenvalue weighted by Gasteiger charge is -2.13. The topological polar surface area (TPSA) is 57.1 Å². The van der Waals surface area contributed by atoms with E-state index < -0.39 is 5.97 Å². The van der Waals surface area contributed by atoms with E-state index in [0.29, 0.717) is 40.3 Å². The van der Waals surface area contributed by atoms with E-state index >= 15 is 0 Å². The van der Waals surface area contributed by atoms with Crippen LogP contribution < -0.4 is 9.47 Å². The lowest BCUT2D eigenvalue weighted by atomic mass is 10.1. The molecule has 0 radical (unpaired) electrons. The molecular formula is C26H21Cl2NO4. The Morgan fingerprint density at radius 1 is 0.970 bits per heavy atom. The van der Waals surface area contributed by atoms with Gasteiger partial charge < -0.3 is 14.2 Å². The molecule has 1 aliphatic heterocycles. The van der Waals surface area contributed by atoms with E-state index in [4.69, 9.17) is 37.4 Å². The van der Waals surface area contributed by atoms with Gasteiger partial charge in [0.1, 0.15) is 6.61 Å². The van der Waals surface area contributed by atoms with E-state index in [1.807, 2.05) is 56.3 Å². The third-order valence-corrected chi connectivity index (χ3v) is 5.74. The normalized spacial score (nSPS) is 14.2. The van der Waals surface area contributed by atoms with Gasteiger partial charge in [0.25, 0.3) is 0 Å². The summed E-state index contributed by atoms with van der Waals surface area (Å²) in [5, 5.41) is 0.766. The van der Waals surface area contributed by atoms with Crippen molar-refractivity contribution >= 4 is 41.1 Å². The second kappa shape index (κ2) is 10.1. The molecule has 0 aromatic heterocycles. The number of esters is 1. The summed E-state index contributed by atoms with van der Waals surface area (Å²) in [6.07, 6.45) is 1.64. The SMILES string of the molecule is CCOc1cc(/C=C2\N=C(c3ccc(Cl)c(Cl)c3)OC2=O)ccc1OCc1ccccc1C. The fourth-order valence-electron chi connectivity index (χ4n) is 3.25. The van der Waals surface area contributed by atoms with Crippen LogP contribution in [0, 0.1) is 6.92 Å². The molecule has 0 unspecified atom stereocenters. The molecule has 0 N–H and O–H groups in total. The van der Waals surface area contributed by atoms with Gasteiger partial charge in [-0.2, -0.15) is 0 Å². The molecule has 1 aliphatic rings. The molecule has 0 amide bonds. The smallest absolute Gasteiger partial charge is 0.363 e. The molecule has 7 heteroatoms. The Bertz CT molecular complexity index is 1270. The maximum atomic E-state index is 12.4. The first kappa shape index (κ1) is 22.9.